The molecule has 0 spiro atoms. The van der Waals surface area contributed by atoms with Crippen LogP contribution in [0, 0.1) is 11.3 Å². The van der Waals surface area contributed by atoms with Crippen LogP contribution in [0.5, 0.6) is 11.5 Å². The first-order chi connectivity index (χ1) is 8.38. The number of benzene rings is 1. The SMILES string of the molecule is CCOc1ccccc1OCC#N.CS(=O)(=O)O. The third-order valence-electron chi connectivity index (χ3n) is 1.44. The van der Waals surface area contributed by atoms with Crippen LogP contribution in [0.15, 0.2) is 24.3 Å². The van der Waals surface area contributed by atoms with E-state index in [0.29, 0.717) is 24.4 Å². The molecule has 0 aliphatic carbocycles. The van der Waals surface area contributed by atoms with Gasteiger partial charge in [-0.15, -0.1) is 0 Å². The highest BCUT2D eigenvalue weighted by molar-refractivity contribution is 7.85. The molecule has 0 amide bonds. The van der Waals surface area contributed by atoms with E-state index in [0.717, 1.165) is 0 Å². The van der Waals surface area contributed by atoms with Crippen molar-refractivity contribution < 1.29 is 22.4 Å². The highest BCUT2D eigenvalue weighted by atomic mass is 32.2. The fraction of sp³-hybridized carbons (Fsp3) is 0.364. The quantitative estimate of drug-likeness (QED) is 0.835. The Morgan fingerprint density at radius 1 is 1.28 bits per heavy atom. The molecule has 0 aromatic heterocycles. The molecular weight excluding hydrogens is 258 g/mol. The molecule has 7 heteroatoms. The third-order valence-corrected chi connectivity index (χ3v) is 1.44. The summed E-state index contributed by atoms with van der Waals surface area (Å²) in [5.41, 5.74) is 0. The van der Waals surface area contributed by atoms with Gasteiger partial charge in [-0.2, -0.15) is 13.7 Å². The van der Waals surface area contributed by atoms with Crippen LogP contribution in [0.4, 0.5) is 0 Å². The highest BCUT2D eigenvalue weighted by Crippen LogP contribution is 2.25. The molecule has 0 atom stereocenters. The average molecular weight is 273 g/mol. The Hall–Kier alpha value is -1.78. The zero-order valence-electron chi connectivity index (χ0n) is 10.2. The van der Waals surface area contributed by atoms with Gasteiger partial charge in [-0.3, -0.25) is 4.55 Å². The van der Waals surface area contributed by atoms with E-state index >= 15 is 0 Å². The van der Waals surface area contributed by atoms with Gasteiger partial charge in [0.15, 0.2) is 18.1 Å². The minimum atomic E-state index is -3.67. The number of para-hydroxylation sites is 2. The maximum atomic E-state index is 9.19. The van der Waals surface area contributed by atoms with Crippen molar-refractivity contribution in [2.24, 2.45) is 0 Å². The molecule has 0 aliphatic heterocycles. The van der Waals surface area contributed by atoms with Gasteiger partial charge in [0.25, 0.3) is 10.1 Å². The Morgan fingerprint density at radius 3 is 2.11 bits per heavy atom. The highest BCUT2D eigenvalue weighted by Gasteiger charge is 2.01. The van der Waals surface area contributed by atoms with Gasteiger partial charge in [0.2, 0.25) is 0 Å². The van der Waals surface area contributed by atoms with E-state index < -0.39 is 10.1 Å². The topological polar surface area (TPSA) is 96.6 Å². The van der Waals surface area contributed by atoms with Crippen molar-refractivity contribution in [3.05, 3.63) is 24.3 Å². The van der Waals surface area contributed by atoms with Crippen molar-refractivity contribution in [1.82, 2.24) is 0 Å². The largest absolute Gasteiger partial charge is 0.490 e. The molecule has 1 rings (SSSR count). The van der Waals surface area contributed by atoms with Crippen LogP contribution >= 0.6 is 0 Å². The fourth-order valence-corrected chi connectivity index (χ4v) is 0.954. The first-order valence-corrected chi connectivity index (χ1v) is 6.87. The van der Waals surface area contributed by atoms with Crippen molar-refractivity contribution in [3.63, 3.8) is 0 Å². The number of nitriles is 1. The summed E-state index contributed by atoms with van der Waals surface area (Å²) in [6.45, 7) is 2.54. The number of rotatable bonds is 4. The van der Waals surface area contributed by atoms with Gasteiger partial charge in [0.1, 0.15) is 6.07 Å². The smallest absolute Gasteiger partial charge is 0.261 e. The predicted octanol–water partition coefficient (Wildman–Crippen LogP) is 1.49. The Balaban J connectivity index is 0.000000494. The van der Waals surface area contributed by atoms with Gasteiger partial charge < -0.3 is 9.47 Å². The Kier molecular flexibility index (Phi) is 7.51. The standard InChI is InChI=1S/C10H11NO2.CH4O3S/c1-2-12-9-5-3-4-6-10(9)13-8-7-11;1-5(2,3)4/h3-6H,2,8H2,1H3;1H3,(H,2,3,4). The van der Waals surface area contributed by atoms with Crippen LogP contribution in [0.3, 0.4) is 0 Å². The lowest BCUT2D eigenvalue weighted by Crippen LogP contribution is -1.98. The summed E-state index contributed by atoms with van der Waals surface area (Å²) in [6.07, 6.45) is 0.715. The van der Waals surface area contributed by atoms with Crippen molar-refractivity contribution in [2.45, 2.75) is 6.92 Å². The van der Waals surface area contributed by atoms with Crippen LogP contribution in [0.2, 0.25) is 0 Å². The second-order valence-corrected chi connectivity index (χ2v) is 4.53. The van der Waals surface area contributed by atoms with E-state index in [2.05, 4.69) is 0 Å². The molecule has 1 aromatic carbocycles. The first kappa shape index (κ1) is 16.2. The van der Waals surface area contributed by atoms with Crippen LogP contribution in [-0.2, 0) is 10.1 Å². The van der Waals surface area contributed by atoms with E-state index in [9.17, 15) is 8.42 Å². The normalized spacial score (nSPS) is 9.67. The molecule has 0 aliphatic rings. The Labute approximate surface area is 107 Å². The van der Waals surface area contributed by atoms with E-state index in [1.54, 1.807) is 6.07 Å². The summed E-state index contributed by atoms with van der Waals surface area (Å²) < 4.78 is 36.3. The second kappa shape index (κ2) is 8.33. The van der Waals surface area contributed by atoms with E-state index in [-0.39, 0.29) is 6.61 Å². The van der Waals surface area contributed by atoms with E-state index in [4.69, 9.17) is 19.3 Å². The van der Waals surface area contributed by atoms with Crippen LogP contribution < -0.4 is 9.47 Å². The summed E-state index contributed by atoms with van der Waals surface area (Å²) in [7, 11) is -3.67. The predicted molar refractivity (Wildman–Crippen MR) is 66.2 cm³/mol. The maximum absolute atomic E-state index is 9.19. The van der Waals surface area contributed by atoms with Gasteiger partial charge in [0.05, 0.1) is 12.9 Å². The molecule has 100 valence electrons. The molecule has 0 saturated carbocycles. The third kappa shape index (κ3) is 9.45. The first-order valence-electron chi connectivity index (χ1n) is 5.02. The van der Waals surface area contributed by atoms with Gasteiger partial charge in [-0.05, 0) is 19.1 Å². The summed E-state index contributed by atoms with van der Waals surface area (Å²) in [5.74, 6) is 1.30. The molecule has 0 saturated heterocycles. The molecule has 0 bridgehead atoms. The van der Waals surface area contributed by atoms with Gasteiger partial charge in [-0.1, -0.05) is 12.1 Å². The molecule has 18 heavy (non-hydrogen) atoms. The van der Waals surface area contributed by atoms with Gasteiger partial charge >= 0.3 is 0 Å². The summed E-state index contributed by atoms with van der Waals surface area (Å²) >= 11 is 0. The lowest BCUT2D eigenvalue weighted by atomic mass is 10.3. The number of nitrogens with zero attached hydrogens (tertiary/aromatic N) is 1. The molecule has 0 unspecified atom stereocenters. The maximum Gasteiger partial charge on any atom is 0.261 e. The lowest BCUT2D eigenvalue weighted by Gasteiger charge is -2.08. The number of hydrogen-bond acceptors (Lipinski definition) is 5. The van der Waals surface area contributed by atoms with Crippen LogP contribution in [0.25, 0.3) is 0 Å². The van der Waals surface area contributed by atoms with Crippen molar-refractivity contribution in [1.29, 1.82) is 5.26 Å². The molecule has 6 nitrogen and oxygen atoms in total. The molecule has 0 radical (unpaired) electrons. The Bertz CT molecular complexity index is 484. The van der Waals surface area contributed by atoms with Gasteiger partial charge in [-0.25, -0.2) is 0 Å². The molecule has 0 heterocycles. The number of ether oxygens (including phenoxy) is 2. The average Bonchev–Trinajstić information content (AvgIpc) is 2.26. The lowest BCUT2D eigenvalue weighted by molar-refractivity contribution is 0.298. The molecule has 1 aromatic rings. The molecule has 1 N–H and O–H groups in total. The minimum Gasteiger partial charge on any atom is -0.490 e. The second-order valence-electron chi connectivity index (χ2n) is 3.06. The monoisotopic (exact) mass is 273 g/mol. The number of hydrogen-bond donors (Lipinski definition) is 1. The summed E-state index contributed by atoms with van der Waals surface area (Å²) in [6, 6.07) is 9.21. The summed E-state index contributed by atoms with van der Waals surface area (Å²) in [5, 5.41) is 8.33. The van der Waals surface area contributed by atoms with Gasteiger partial charge in [0, 0.05) is 0 Å². The zero-order valence-corrected chi connectivity index (χ0v) is 11.0. The molecular formula is C11H15NO5S. The van der Waals surface area contributed by atoms with Crippen molar-refractivity contribution in [3.8, 4) is 17.6 Å². The summed E-state index contributed by atoms with van der Waals surface area (Å²) in [4.78, 5) is 0. The minimum absolute atomic E-state index is 0.0457. The van der Waals surface area contributed by atoms with Crippen molar-refractivity contribution in [2.75, 3.05) is 19.5 Å². The Morgan fingerprint density at radius 2 is 1.72 bits per heavy atom. The van der Waals surface area contributed by atoms with E-state index in [1.807, 2.05) is 31.2 Å². The molecule has 0 fully saturated rings. The van der Waals surface area contributed by atoms with Crippen LogP contribution in [0.1, 0.15) is 6.92 Å². The van der Waals surface area contributed by atoms with E-state index in [1.165, 1.54) is 0 Å². The zero-order chi connectivity index (χ0) is 14.0. The fourth-order valence-electron chi connectivity index (χ4n) is 0.954. The van der Waals surface area contributed by atoms with Crippen molar-refractivity contribution >= 4 is 10.1 Å². The van der Waals surface area contributed by atoms with Crippen LogP contribution in [-0.4, -0.2) is 32.4 Å².